The van der Waals surface area contributed by atoms with Crippen LogP contribution in [-0.2, 0) is 28.6 Å². The highest BCUT2D eigenvalue weighted by Crippen LogP contribution is 2.02. The Hall–Kier alpha value is -0.180. The fourth-order valence-electron chi connectivity index (χ4n) is 1.19. The van der Waals surface area contributed by atoms with Gasteiger partial charge < -0.3 is 0 Å². The van der Waals surface area contributed by atoms with E-state index in [4.69, 9.17) is 8.37 Å². The van der Waals surface area contributed by atoms with Crippen molar-refractivity contribution in [1.82, 2.24) is 0 Å². The second-order valence-corrected chi connectivity index (χ2v) is 7.39. The van der Waals surface area contributed by atoms with Crippen LogP contribution in [-0.4, -0.2) is 41.6 Å². The molecule has 0 aliphatic heterocycles. The molecule has 0 N–H and O–H groups in total. The van der Waals surface area contributed by atoms with Crippen LogP contribution in [0.1, 0.15) is 39.5 Å². The van der Waals surface area contributed by atoms with E-state index < -0.39 is 20.2 Å². The maximum Gasteiger partial charge on any atom is 0.267 e. The largest absolute Gasteiger partial charge is 0.270 e. The number of hydrogen-bond donors (Lipinski definition) is 0. The van der Waals surface area contributed by atoms with Crippen molar-refractivity contribution < 1.29 is 25.2 Å². The van der Waals surface area contributed by atoms with Crippen molar-refractivity contribution in [3.63, 3.8) is 0 Å². The van der Waals surface area contributed by atoms with Crippen molar-refractivity contribution in [1.29, 1.82) is 0 Å². The molecule has 0 heterocycles. The molecule has 0 aliphatic carbocycles. The van der Waals surface area contributed by atoms with Gasteiger partial charge in [0.2, 0.25) is 0 Å². The minimum atomic E-state index is -3.41. The number of hydrogen-bond acceptors (Lipinski definition) is 6. The monoisotopic (exact) mass is 302 g/mol. The van der Waals surface area contributed by atoms with Crippen LogP contribution < -0.4 is 0 Å². The first-order valence-electron chi connectivity index (χ1n) is 6.07. The molecule has 110 valence electrons. The Morgan fingerprint density at radius 2 is 1.06 bits per heavy atom. The van der Waals surface area contributed by atoms with Gasteiger partial charge in [-0.1, -0.05) is 13.8 Å². The smallest absolute Gasteiger partial charge is 0.267 e. The summed E-state index contributed by atoms with van der Waals surface area (Å²) in [6, 6.07) is 0. The van der Waals surface area contributed by atoms with E-state index in [9.17, 15) is 16.8 Å². The van der Waals surface area contributed by atoms with Crippen molar-refractivity contribution in [3.05, 3.63) is 0 Å². The summed E-state index contributed by atoms with van der Waals surface area (Å²) < 4.78 is 54.1. The summed E-state index contributed by atoms with van der Waals surface area (Å²) in [7, 11) is -6.83. The van der Waals surface area contributed by atoms with Crippen LogP contribution in [0.2, 0.25) is 0 Å². The van der Waals surface area contributed by atoms with E-state index in [-0.39, 0.29) is 24.7 Å². The fourth-order valence-corrected chi connectivity index (χ4v) is 3.17. The molecule has 0 saturated carbocycles. The molecule has 8 heteroatoms. The Balaban J connectivity index is 3.64. The molecule has 18 heavy (non-hydrogen) atoms. The second-order valence-electron chi connectivity index (χ2n) is 3.87. The van der Waals surface area contributed by atoms with E-state index in [1.807, 2.05) is 0 Å². The Morgan fingerprint density at radius 3 is 1.33 bits per heavy atom. The molecule has 0 radical (unpaired) electrons. The van der Waals surface area contributed by atoms with Gasteiger partial charge in [-0.25, -0.2) is 0 Å². The highest BCUT2D eigenvalue weighted by Gasteiger charge is 2.10. The molecule has 0 atom stereocenters. The summed E-state index contributed by atoms with van der Waals surface area (Å²) in [4.78, 5) is 0. The third kappa shape index (κ3) is 9.81. The topological polar surface area (TPSA) is 86.7 Å². The zero-order chi connectivity index (χ0) is 14.1. The third-order valence-corrected chi connectivity index (χ3v) is 4.84. The van der Waals surface area contributed by atoms with Gasteiger partial charge in [0.25, 0.3) is 20.2 Å². The fraction of sp³-hybridized carbons (Fsp3) is 1.00. The van der Waals surface area contributed by atoms with Gasteiger partial charge >= 0.3 is 0 Å². The zero-order valence-electron chi connectivity index (χ0n) is 10.9. The summed E-state index contributed by atoms with van der Waals surface area (Å²) in [5, 5.41) is 0. The average Bonchev–Trinajstić information content (AvgIpc) is 2.22. The van der Waals surface area contributed by atoms with Crippen molar-refractivity contribution >= 4 is 20.2 Å². The minimum absolute atomic E-state index is 0.00831. The summed E-state index contributed by atoms with van der Waals surface area (Å²) in [6.45, 7) is 3.65. The number of rotatable bonds is 11. The highest BCUT2D eigenvalue weighted by molar-refractivity contribution is 7.86. The van der Waals surface area contributed by atoms with Gasteiger partial charge in [0.15, 0.2) is 0 Å². The van der Waals surface area contributed by atoms with E-state index >= 15 is 0 Å². The first-order chi connectivity index (χ1) is 8.33. The van der Waals surface area contributed by atoms with Crippen LogP contribution in [0.4, 0.5) is 0 Å². The van der Waals surface area contributed by atoms with E-state index in [0.29, 0.717) is 25.7 Å². The average molecular weight is 302 g/mol. The van der Waals surface area contributed by atoms with Crippen LogP contribution >= 0.6 is 0 Å². The van der Waals surface area contributed by atoms with E-state index in [0.717, 1.165) is 0 Å². The van der Waals surface area contributed by atoms with Crippen molar-refractivity contribution in [2.75, 3.05) is 24.7 Å². The van der Waals surface area contributed by atoms with Gasteiger partial charge in [-0.3, -0.25) is 8.37 Å². The van der Waals surface area contributed by atoms with Crippen molar-refractivity contribution in [2.45, 2.75) is 39.5 Å². The predicted octanol–water partition coefficient (Wildman–Crippen LogP) is 1.28. The third-order valence-electron chi connectivity index (χ3n) is 1.97. The summed E-state index contributed by atoms with van der Waals surface area (Å²) >= 11 is 0. The SMILES string of the molecule is CCCS(=O)(=O)OCCCCOS(=O)(=O)CCC. The van der Waals surface area contributed by atoms with Gasteiger partial charge in [-0.2, -0.15) is 16.8 Å². The van der Waals surface area contributed by atoms with E-state index in [1.54, 1.807) is 13.8 Å². The van der Waals surface area contributed by atoms with Crippen molar-refractivity contribution in [3.8, 4) is 0 Å². The summed E-state index contributed by atoms with van der Waals surface area (Å²) in [5.74, 6) is 0.0166. The lowest BCUT2D eigenvalue weighted by molar-refractivity contribution is 0.270. The van der Waals surface area contributed by atoms with Crippen LogP contribution in [0.15, 0.2) is 0 Å². The lowest BCUT2D eigenvalue weighted by atomic mass is 10.3. The Morgan fingerprint density at radius 1 is 0.722 bits per heavy atom. The molecule has 0 bridgehead atoms. The Bertz CT molecular complexity index is 358. The van der Waals surface area contributed by atoms with Crippen LogP contribution in [0.3, 0.4) is 0 Å². The molecule has 0 saturated heterocycles. The van der Waals surface area contributed by atoms with Gasteiger partial charge in [0.1, 0.15) is 0 Å². The van der Waals surface area contributed by atoms with E-state index in [2.05, 4.69) is 0 Å². The van der Waals surface area contributed by atoms with Gasteiger partial charge in [-0.05, 0) is 25.7 Å². The molecule has 0 aromatic rings. The zero-order valence-corrected chi connectivity index (χ0v) is 12.6. The Labute approximate surface area is 110 Å². The maximum atomic E-state index is 11.2. The van der Waals surface area contributed by atoms with Gasteiger partial charge in [0.05, 0.1) is 24.7 Å². The normalized spacial score (nSPS) is 12.8. The Kier molecular flexibility index (Phi) is 8.75. The molecule has 0 fully saturated rings. The predicted molar refractivity (Wildman–Crippen MR) is 69.3 cm³/mol. The molecule has 0 aromatic heterocycles. The lowest BCUT2D eigenvalue weighted by Gasteiger charge is -2.05. The molecule has 0 aliphatic rings. The molecule has 0 unspecified atom stereocenters. The molecule has 0 amide bonds. The first-order valence-corrected chi connectivity index (χ1v) is 9.22. The number of unbranched alkanes of at least 4 members (excludes halogenated alkanes) is 1. The quantitative estimate of drug-likeness (QED) is 0.422. The highest BCUT2D eigenvalue weighted by atomic mass is 32.2. The standard InChI is InChI=1S/C10H22O6S2/c1-3-9-17(11,12)15-7-5-6-8-16-18(13,14)10-4-2/h3-10H2,1-2H3. The molecular weight excluding hydrogens is 280 g/mol. The molecule has 0 aromatic carbocycles. The van der Waals surface area contributed by atoms with Crippen LogP contribution in [0.5, 0.6) is 0 Å². The molecule has 0 spiro atoms. The minimum Gasteiger partial charge on any atom is -0.270 e. The summed E-state index contributed by atoms with van der Waals surface area (Å²) in [5.41, 5.74) is 0. The lowest BCUT2D eigenvalue weighted by Crippen LogP contribution is -2.13. The van der Waals surface area contributed by atoms with E-state index in [1.165, 1.54) is 0 Å². The second kappa shape index (κ2) is 8.84. The maximum absolute atomic E-state index is 11.2. The first kappa shape index (κ1) is 17.8. The van der Waals surface area contributed by atoms with Crippen LogP contribution in [0.25, 0.3) is 0 Å². The van der Waals surface area contributed by atoms with Gasteiger partial charge in [-0.15, -0.1) is 0 Å². The summed E-state index contributed by atoms with van der Waals surface area (Å²) in [6.07, 6.45) is 1.93. The van der Waals surface area contributed by atoms with Crippen molar-refractivity contribution in [2.24, 2.45) is 0 Å². The molecule has 0 rings (SSSR count). The molecular formula is C10H22O6S2. The molecule has 6 nitrogen and oxygen atoms in total. The van der Waals surface area contributed by atoms with Crippen LogP contribution in [0, 0.1) is 0 Å². The van der Waals surface area contributed by atoms with Gasteiger partial charge in [0, 0.05) is 0 Å².